The predicted molar refractivity (Wildman–Crippen MR) is 108 cm³/mol. The second-order valence-corrected chi connectivity index (χ2v) is 6.33. The van der Waals surface area contributed by atoms with Crippen molar-refractivity contribution in [3.05, 3.63) is 102 Å². The molecular formula is C23H15FN4O. The molecule has 140 valence electrons. The van der Waals surface area contributed by atoms with Crippen molar-refractivity contribution in [3.63, 3.8) is 0 Å². The quantitative estimate of drug-likeness (QED) is 0.551. The van der Waals surface area contributed by atoms with Crippen LogP contribution in [0.5, 0.6) is 0 Å². The molecule has 0 spiro atoms. The molecule has 4 rings (SSSR count). The van der Waals surface area contributed by atoms with Crippen LogP contribution in [-0.2, 0) is 0 Å². The third-order valence-corrected chi connectivity index (χ3v) is 4.35. The summed E-state index contributed by atoms with van der Waals surface area (Å²) in [6.07, 6.45) is 1.64. The van der Waals surface area contributed by atoms with Crippen LogP contribution in [-0.4, -0.2) is 15.7 Å². The molecular weight excluding hydrogens is 367 g/mol. The Kier molecular flexibility index (Phi) is 4.87. The van der Waals surface area contributed by atoms with E-state index in [1.807, 2.05) is 36.4 Å². The molecule has 6 heteroatoms. The molecule has 0 aliphatic carbocycles. The molecule has 0 fully saturated rings. The smallest absolute Gasteiger partial charge is 0.259 e. The number of hydrogen-bond acceptors (Lipinski definition) is 3. The Morgan fingerprint density at radius 1 is 1.00 bits per heavy atom. The van der Waals surface area contributed by atoms with E-state index in [0.717, 1.165) is 5.69 Å². The first kappa shape index (κ1) is 18.1. The summed E-state index contributed by atoms with van der Waals surface area (Å²) in [5.41, 5.74) is 3.14. The number of carbonyl (C=O) groups is 1. The molecule has 0 bridgehead atoms. The Balaban J connectivity index is 1.76. The number of aromatic nitrogens is 2. The monoisotopic (exact) mass is 382 g/mol. The first-order chi connectivity index (χ1) is 14.1. The van der Waals surface area contributed by atoms with E-state index in [0.29, 0.717) is 28.1 Å². The normalized spacial score (nSPS) is 10.3. The molecule has 1 amide bonds. The molecule has 29 heavy (non-hydrogen) atoms. The number of para-hydroxylation sites is 1. The van der Waals surface area contributed by atoms with Crippen molar-refractivity contribution in [1.82, 2.24) is 9.78 Å². The highest BCUT2D eigenvalue weighted by Crippen LogP contribution is 2.25. The summed E-state index contributed by atoms with van der Waals surface area (Å²) >= 11 is 0. The Hall–Kier alpha value is -4.24. The van der Waals surface area contributed by atoms with Crippen molar-refractivity contribution in [2.45, 2.75) is 0 Å². The maximum absolute atomic E-state index is 13.4. The van der Waals surface area contributed by atoms with Gasteiger partial charge in [0.1, 0.15) is 11.5 Å². The highest BCUT2D eigenvalue weighted by Gasteiger charge is 2.19. The topological polar surface area (TPSA) is 70.7 Å². The lowest BCUT2D eigenvalue weighted by Gasteiger charge is -2.06. The van der Waals surface area contributed by atoms with Crippen LogP contribution in [0.1, 0.15) is 15.9 Å². The van der Waals surface area contributed by atoms with Crippen LogP contribution in [0, 0.1) is 17.1 Å². The van der Waals surface area contributed by atoms with Crippen LogP contribution in [0.3, 0.4) is 0 Å². The third kappa shape index (κ3) is 3.89. The van der Waals surface area contributed by atoms with E-state index in [4.69, 9.17) is 5.26 Å². The summed E-state index contributed by atoms with van der Waals surface area (Å²) in [5, 5.41) is 16.4. The van der Waals surface area contributed by atoms with Gasteiger partial charge in [0.15, 0.2) is 0 Å². The predicted octanol–water partition coefficient (Wildman–Crippen LogP) is 4.80. The van der Waals surface area contributed by atoms with Crippen molar-refractivity contribution in [3.8, 4) is 23.0 Å². The van der Waals surface area contributed by atoms with Gasteiger partial charge >= 0.3 is 0 Å². The number of nitrogens with one attached hydrogen (secondary N) is 1. The highest BCUT2D eigenvalue weighted by molar-refractivity contribution is 6.08. The van der Waals surface area contributed by atoms with Gasteiger partial charge in [0.25, 0.3) is 5.91 Å². The number of nitrogens with zero attached hydrogens (tertiary/aromatic N) is 3. The minimum absolute atomic E-state index is 0.336. The lowest BCUT2D eigenvalue weighted by Crippen LogP contribution is -2.12. The highest BCUT2D eigenvalue weighted by atomic mass is 19.1. The molecule has 0 unspecified atom stereocenters. The van der Waals surface area contributed by atoms with Crippen LogP contribution in [0.2, 0.25) is 0 Å². The molecule has 5 nitrogen and oxygen atoms in total. The largest absolute Gasteiger partial charge is 0.322 e. The van der Waals surface area contributed by atoms with Crippen molar-refractivity contribution < 1.29 is 9.18 Å². The van der Waals surface area contributed by atoms with Crippen LogP contribution in [0.25, 0.3) is 16.9 Å². The Morgan fingerprint density at radius 3 is 2.48 bits per heavy atom. The number of amides is 1. The van der Waals surface area contributed by atoms with Crippen molar-refractivity contribution in [1.29, 1.82) is 5.26 Å². The Bertz CT molecular complexity index is 1210. The summed E-state index contributed by atoms with van der Waals surface area (Å²) in [6.45, 7) is 0. The molecule has 0 aliphatic rings. The van der Waals surface area contributed by atoms with E-state index in [2.05, 4.69) is 10.4 Å². The molecule has 0 atom stereocenters. The van der Waals surface area contributed by atoms with Crippen LogP contribution >= 0.6 is 0 Å². The summed E-state index contributed by atoms with van der Waals surface area (Å²) in [6, 6.07) is 23.9. The van der Waals surface area contributed by atoms with Gasteiger partial charge in [0.05, 0.1) is 22.9 Å². The van der Waals surface area contributed by atoms with E-state index >= 15 is 0 Å². The van der Waals surface area contributed by atoms with E-state index < -0.39 is 0 Å². The van der Waals surface area contributed by atoms with Crippen molar-refractivity contribution in [2.75, 3.05) is 5.32 Å². The lowest BCUT2D eigenvalue weighted by atomic mass is 10.1. The van der Waals surface area contributed by atoms with Crippen molar-refractivity contribution >= 4 is 11.6 Å². The molecule has 4 aromatic rings. The lowest BCUT2D eigenvalue weighted by molar-refractivity contribution is 0.102. The fourth-order valence-corrected chi connectivity index (χ4v) is 2.94. The number of hydrogen-bond donors (Lipinski definition) is 1. The molecule has 0 radical (unpaired) electrons. The van der Waals surface area contributed by atoms with Gasteiger partial charge in [0.2, 0.25) is 0 Å². The van der Waals surface area contributed by atoms with Gasteiger partial charge in [-0.25, -0.2) is 9.07 Å². The number of anilines is 1. The van der Waals surface area contributed by atoms with E-state index in [1.165, 1.54) is 12.1 Å². The van der Waals surface area contributed by atoms with Gasteiger partial charge in [-0.15, -0.1) is 0 Å². The standard InChI is InChI=1S/C23H15FN4O/c24-18-11-9-17(10-12-18)22-21(15-28(27-22)20-7-2-1-3-8-20)23(29)26-19-6-4-5-16(13-19)14-25/h1-13,15H,(H,26,29). The van der Waals surface area contributed by atoms with Crippen molar-refractivity contribution in [2.24, 2.45) is 0 Å². The van der Waals surface area contributed by atoms with Gasteiger partial charge in [-0.3, -0.25) is 4.79 Å². The Labute approximate surface area is 166 Å². The summed E-state index contributed by atoms with van der Waals surface area (Å²) < 4.78 is 15.0. The molecule has 1 N–H and O–H groups in total. The van der Waals surface area contributed by atoms with Gasteiger partial charge in [-0.05, 0) is 54.6 Å². The van der Waals surface area contributed by atoms with Gasteiger partial charge < -0.3 is 5.32 Å². The molecule has 3 aromatic carbocycles. The summed E-state index contributed by atoms with van der Waals surface area (Å²) in [5.74, 6) is -0.739. The van der Waals surface area contributed by atoms with Crippen LogP contribution in [0.15, 0.2) is 85.1 Å². The number of rotatable bonds is 4. The zero-order valence-corrected chi connectivity index (χ0v) is 15.2. The minimum atomic E-state index is -0.374. The van der Waals surface area contributed by atoms with Crippen LogP contribution in [0.4, 0.5) is 10.1 Å². The summed E-state index contributed by atoms with van der Waals surface area (Å²) in [7, 11) is 0. The SMILES string of the molecule is N#Cc1cccc(NC(=O)c2cn(-c3ccccc3)nc2-c2ccc(F)cc2)c1. The molecule has 0 saturated carbocycles. The maximum Gasteiger partial charge on any atom is 0.259 e. The first-order valence-corrected chi connectivity index (χ1v) is 8.86. The maximum atomic E-state index is 13.4. The average Bonchev–Trinajstić information content (AvgIpc) is 3.21. The fraction of sp³-hybridized carbons (Fsp3) is 0. The van der Waals surface area contributed by atoms with E-state index in [9.17, 15) is 9.18 Å². The Morgan fingerprint density at radius 2 is 1.76 bits per heavy atom. The number of benzene rings is 3. The molecule has 1 heterocycles. The second kappa shape index (κ2) is 7.79. The molecule has 0 saturated heterocycles. The van der Waals surface area contributed by atoms with Gasteiger partial charge in [-0.1, -0.05) is 24.3 Å². The number of halogens is 1. The van der Waals surface area contributed by atoms with Gasteiger partial charge in [0, 0.05) is 17.4 Å². The zero-order chi connectivity index (χ0) is 20.2. The van der Waals surface area contributed by atoms with Crippen LogP contribution < -0.4 is 5.32 Å². The summed E-state index contributed by atoms with van der Waals surface area (Å²) in [4.78, 5) is 13.0. The second-order valence-electron chi connectivity index (χ2n) is 6.33. The fourth-order valence-electron chi connectivity index (χ4n) is 2.94. The first-order valence-electron chi connectivity index (χ1n) is 8.86. The number of carbonyl (C=O) groups excluding carboxylic acids is 1. The third-order valence-electron chi connectivity index (χ3n) is 4.35. The molecule has 1 aromatic heterocycles. The molecule has 0 aliphatic heterocycles. The average molecular weight is 382 g/mol. The van der Waals surface area contributed by atoms with E-state index in [1.54, 1.807) is 47.3 Å². The number of nitriles is 1. The van der Waals surface area contributed by atoms with Gasteiger partial charge in [-0.2, -0.15) is 10.4 Å². The zero-order valence-electron chi connectivity index (χ0n) is 15.2. The van der Waals surface area contributed by atoms with E-state index in [-0.39, 0.29) is 11.7 Å². The minimum Gasteiger partial charge on any atom is -0.322 e.